The van der Waals surface area contributed by atoms with Gasteiger partial charge in [-0.2, -0.15) is 0 Å². The molecule has 0 heterocycles. The number of urea groups is 1. The van der Waals surface area contributed by atoms with E-state index in [0.717, 1.165) is 3.57 Å². The second-order valence-corrected chi connectivity index (χ2v) is 5.01. The summed E-state index contributed by atoms with van der Waals surface area (Å²) in [6, 6.07) is 6.50. The molecule has 0 atom stereocenters. The predicted octanol–water partition coefficient (Wildman–Crippen LogP) is 2.19. The molecule has 3 amide bonds. The minimum atomic E-state index is -0.962. The molecule has 0 aliphatic carbocycles. The molecule has 0 fully saturated rings. The molecule has 7 heteroatoms. The average Bonchev–Trinajstić information content (AvgIpc) is 2.27. The van der Waals surface area contributed by atoms with Crippen LogP contribution < -0.4 is 10.6 Å². The second-order valence-electron chi connectivity index (χ2n) is 3.76. The van der Waals surface area contributed by atoms with E-state index in [0.29, 0.717) is 5.69 Å². The van der Waals surface area contributed by atoms with Crippen molar-refractivity contribution in [3.05, 3.63) is 27.8 Å². The number of hydrogen-bond donors (Lipinski definition) is 3. The first kappa shape index (κ1) is 15.4. The summed E-state index contributed by atoms with van der Waals surface area (Å²) in [6.07, 6.45) is 0.121. The van der Waals surface area contributed by atoms with Crippen LogP contribution in [0.1, 0.15) is 19.3 Å². The number of anilines is 1. The van der Waals surface area contributed by atoms with Gasteiger partial charge in [0, 0.05) is 22.1 Å². The van der Waals surface area contributed by atoms with Crippen LogP contribution in [-0.4, -0.2) is 23.0 Å². The fraction of sp³-hybridized carbons (Fsp3) is 0.250. The highest BCUT2D eigenvalue weighted by molar-refractivity contribution is 14.1. The van der Waals surface area contributed by atoms with E-state index in [2.05, 4.69) is 33.2 Å². The number of halogens is 1. The lowest BCUT2D eigenvalue weighted by Crippen LogP contribution is -2.34. The van der Waals surface area contributed by atoms with Crippen molar-refractivity contribution in [3.63, 3.8) is 0 Å². The lowest BCUT2D eigenvalue weighted by molar-refractivity contribution is -0.137. The maximum Gasteiger partial charge on any atom is 0.325 e. The van der Waals surface area contributed by atoms with Crippen molar-refractivity contribution in [1.29, 1.82) is 0 Å². The number of carboxylic acids is 1. The van der Waals surface area contributed by atoms with Crippen LogP contribution in [0.5, 0.6) is 0 Å². The quantitative estimate of drug-likeness (QED) is 0.687. The monoisotopic (exact) mass is 376 g/mol. The fourth-order valence-corrected chi connectivity index (χ4v) is 1.86. The molecule has 0 spiro atoms. The van der Waals surface area contributed by atoms with Crippen molar-refractivity contribution in [1.82, 2.24) is 5.32 Å². The van der Waals surface area contributed by atoms with Gasteiger partial charge in [0.05, 0.1) is 0 Å². The van der Waals surface area contributed by atoms with Gasteiger partial charge in [0.25, 0.3) is 0 Å². The molecule has 0 radical (unpaired) electrons. The third-order valence-corrected chi connectivity index (χ3v) is 2.80. The number of rotatable bonds is 5. The maximum atomic E-state index is 11.5. The van der Waals surface area contributed by atoms with E-state index in [1.807, 2.05) is 6.07 Å². The number of amides is 3. The third kappa shape index (κ3) is 6.75. The Kier molecular flexibility index (Phi) is 6.26. The Balaban J connectivity index is 2.34. The van der Waals surface area contributed by atoms with Crippen molar-refractivity contribution in [2.75, 3.05) is 5.32 Å². The van der Waals surface area contributed by atoms with E-state index < -0.39 is 17.9 Å². The summed E-state index contributed by atoms with van der Waals surface area (Å²) in [5, 5.41) is 13.1. The number of nitrogens with one attached hydrogen (secondary N) is 2. The Morgan fingerprint density at radius 2 is 1.95 bits per heavy atom. The van der Waals surface area contributed by atoms with Gasteiger partial charge in [0.2, 0.25) is 5.91 Å². The first-order chi connectivity index (χ1) is 8.97. The molecule has 1 aromatic carbocycles. The molecular weight excluding hydrogens is 363 g/mol. The Labute approximate surface area is 123 Å². The zero-order valence-corrected chi connectivity index (χ0v) is 12.1. The topological polar surface area (TPSA) is 95.5 Å². The summed E-state index contributed by atoms with van der Waals surface area (Å²) in [5.41, 5.74) is 0.586. The van der Waals surface area contributed by atoms with Crippen LogP contribution in [0, 0.1) is 3.57 Å². The summed E-state index contributed by atoms with van der Waals surface area (Å²) < 4.78 is 0.961. The van der Waals surface area contributed by atoms with Gasteiger partial charge in [-0.05, 0) is 47.2 Å². The summed E-state index contributed by atoms with van der Waals surface area (Å²) in [7, 11) is 0. The Bertz CT molecular complexity index is 490. The number of carboxylic acid groups (broad SMARTS) is 1. The molecule has 6 nitrogen and oxygen atoms in total. The molecule has 1 aromatic rings. The van der Waals surface area contributed by atoms with Gasteiger partial charge in [-0.3, -0.25) is 14.9 Å². The van der Waals surface area contributed by atoms with Crippen LogP contribution in [0.15, 0.2) is 24.3 Å². The molecule has 0 aliphatic heterocycles. The van der Waals surface area contributed by atoms with Gasteiger partial charge in [-0.1, -0.05) is 6.07 Å². The van der Waals surface area contributed by atoms with Crippen molar-refractivity contribution in [2.24, 2.45) is 0 Å². The van der Waals surface area contributed by atoms with E-state index >= 15 is 0 Å². The standard InChI is InChI=1S/C12H13IN2O4/c13-8-3-1-4-9(7-8)14-12(19)15-10(16)5-2-6-11(17)18/h1,3-4,7H,2,5-6H2,(H,17,18)(H2,14,15,16,19). The van der Waals surface area contributed by atoms with Gasteiger partial charge in [-0.25, -0.2) is 4.79 Å². The SMILES string of the molecule is O=C(O)CCCC(=O)NC(=O)Nc1cccc(I)c1. The number of carbonyl (C=O) groups excluding carboxylic acids is 2. The number of hydrogen-bond acceptors (Lipinski definition) is 3. The zero-order valence-electron chi connectivity index (χ0n) is 9.98. The molecule has 0 saturated heterocycles. The molecule has 3 N–H and O–H groups in total. The Morgan fingerprint density at radius 3 is 2.58 bits per heavy atom. The molecule has 1 rings (SSSR count). The average molecular weight is 376 g/mol. The molecule has 0 aliphatic rings. The molecule has 0 saturated carbocycles. The molecule has 0 unspecified atom stereocenters. The van der Waals surface area contributed by atoms with Crippen LogP contribution in [0.3, 0.4) is 0 Å². The molecule has 0 aromatic heterocycles. The summed E-state index contributed by atoms with van der Waals surface area (Å²) in [5.74, 6) is -1.46. The van der Waals surface area contributed by atoms with E-state index in [1.54, 1.807) is 18.2 Å². The second kappa shape index (κ2) is 7.72. The third-order valence-electron chi connectivity index (χ3n) is 2.13. The normalized spacial score (nSPS) is 9.74. The smallest absolute Gasteiger partial charge is 0.325 e. The summed E-state index contributed by atoms with van der Waals surface area (Å²) >= 11 is 2.11. The van der Waals surface area contributed by atoms with Gasteiger partial charge in [0.15, 0.2) is 0 Å². The van der Waals surface area contributed by atoms with Crippen LogP contribution >= 0.6 is 22.6 Å². The zero-order chi connectivity index (χ0) is 14.3. The molecule has 19 heavy (non-hydrogen) atoms. The Hall–Kier alpha value is -1.64. The first-order valence-electron chi connectivity index (χ1n) is 5.55. The van der Waals surface area contributed by atoms with Crippen LogP contribution in [0.2, 0.25) is 0 Å². The number of imide groups is 1. The van der Waals surface area contributed by atoms with Gasteiger partial charge >= 0.3 is 12.0 Å². The van der Waals surface area contributed by atoms with E-state index in [9.17, 15) is 14.4 Å². The summed E-state index contributed by atoms with van der Waals surface area (Å²) in [4.78, 5) is 33.1. The minimum Gasteiger partial charge on any atom is -0.481 e. The highest BCUT2D eigenvalue weighted by Gasteiger charge is 2.08. The lowest BCUT2D eigenvalue weighted by atomic mass is 10.2. The van der Waals surface area contributed by atoms with Crippen molar-refractivity contribution in [2.45, 2.75) is 19.3 Å². The highest BCUT2D eigenvalue weighted by atomic mass is 127. The van der Waals surface area contributed by atoms with Gasteiger partial charge < -0.3 is 10.4 Å². The van der Waals surface area contributed by atoms with Gasteiger partial charge in [0.1, 0.15) is 0 Å². The van der Waals surface area contributed by atoms with Crippen LogP contribution in [0.25, 0.3) is 0 Å². The predicted molar refractivity (Wildman–Crippen MR) is 77.8 cm³/mol. The van der Waals surface area contributed by atoms with E-state index in [4.69, 9.17) is 5.11 Å². The number of benzene rings is 1. The van der Waals surface area contributed by atoms with Crippen LogP contribution in [-0.2, 0) is 9.59 Å². The highest BCUT2D eigenvalue weighted by Crippen LogP contribution is 2.11. The van der Waals surface area contributed by atoms with Crippen molar-refractivity contribution >= 4 is 46.2 Å². The summed E-state index contributed by atoms with van der Waals surface area (Å²) in [6.45, 7) is 0. The van der Waals surface area contributed by atoms with Crippen molar-refractivity contribution < 1.29 is 19.5 Å². The molecule has 102 valence electrons. The first-order valence-corrected chi connectivity index (χ1v) is 6.63. The fourth-order valence-electron chi connectivity index (χ4n) is 1.32. The number of aliphatic carboxylic acids is 1. The van der Waals surface area contributed by atoms with E-state index in [1.165, 1.54) is 0 Å². The van der Waals surface area contributed by atoms with Crippen molar-refractivity contribution in [3.8, 4) is 0 Å². The lowest BCUT2D eigenvalue weighted by Gasteiger charge is -2.06. The molecule has 0 bridgehead atoms. The maximum absolute atomic E-state index is 11.5. The van der Waals surface area contributed by atoms with Crippen LogP contribution in [0.4, 0.5) is 10.5 Å². The van der Waals surface area contributed by atoms with E-state index in [-0.39, 0.29) is 19.3 Å². The molecular formula is C12H13IN2O4. The number of carbonyl (C=O) groups is 3. The minimum absolute atomic E-state index is 0.00600. The Morgan fingerprint density at radius 1 is 1.21 bits per heavy atom. The van der Waals surface area contributed by atoms with Gasteiger partial charge in [-0.15, -0.1) is 0 Å². The largest absolute Gasteiger partial charge is 0.481 e.